The molecule has 0 unspecified atom stereocenters. The Balaban J connectivity index is 2.46. The van der Waals surface area contributed by atoms with Crippen LogP contribution < -0.4 is 5.73 Å². The van der Waals surface area contributed by atoms with Gasteiger partial charge in [0, 0.05) is 13.2 Å². The van der Waals surface area contributed by atoms with Crippen LogP contribution in [0, 0.1) is 0 Å². The van der Waals surface area contributed by atoms with Crippen LogP contribution in [0.15, 0.2) is 17.3 Å². The molecule has 1 aliphatic heterocycles. The van der Waals surface area contributed by atoms with E-state index in [0.717, 1.165) is 25.3 Å². The molecule has 0 radical (unpaired) electrons. The molecule has 0 saturated heterocycles. The van der Waals surface area contributed by atoms with E-state index >= 15 is 0 Å². The molecule has 2 N–H and O–H groups in total. The van der Waals surface area contributed by atoms with Crippen LogP contribution in [0.2, 0.25) is 0 Å². The third kappa shape index (κ3) is 2.19. The number of nitrogens with zero attached hydrogens (tertiary/aromatic N) is 1. The van der Waals surface area contributed by atoms with Crippen LogP contribution >= 0.6 is 0 Å². The second-order valence-electron chi connectivity index (χ2n) is 2.14. The lowest BCUT2D eigenvalue weighted by Crippen LogP contribution is -2.04. The molecule has 56 valence electrons. The standard InChI is InChI=1S/C7H12N2O/c8-3-2-7-6-10-5-1-4-9-7/h2-3H,1,4-6,8H2. The highest BCUT2D eigenvalue weighted by Gasteiger charge is 1.98. The van der Waals surface area contributed by atoms with Crippen LogP contribution in [0.5, 0.6) is 0 Å². The van der Waals surface area contributed by atoms with Crippen LogP contribution in [0.1, 0.15) is 6.42 Å². The van der Waals surface area contributed by atoms with Crippen LogP contribution in [-0.4, -0.2) is 25.5 Å². The first-order valence-electron chi connectivity index (χ1n) is 3.43. The zero-order chi connectivity index (χ0) is 7.23. The number of hydrogen-bond acceptors (Lipinski definition) is 3. The van der Waals surface area contributed by atoms with Gasteiger partial charge in [-0.15, -0.1) is 0 Å². The summed E-state index contributed by atoms with van der Waals surface area (Å²) in [6.45, 7) is 2.28. The highest BCUT2D eigenvalue weighted by atomic mass is 16.5. The fraction of sp³-hybridized carbons (Fsp3) is 0.571. The van der Waals surface area contributed by atoms with Crippen molar-refractivity contribution in [1.29, 1.82) is 0 Å². The number of aliphatic imine (C=N–C) groups is 1. The minimum absolute atomic E-state index is 0.605. The molecule has 1 aliphatic rings. The molecule has 1 heterocycles. The second-order valence-corrected chi connectivity index (χ2v) is 2.14. The van der Waals surface area contributed by atoms with Gasteiger partial charge in [0.15, 0.2) is 0 Å². The van der Waals surface area contributed by atoms with E-state index < -0.39 is 0 Å². The summed E-state index contributed by atoms with van der Waals surface area (Å²) in [6, 6.07) is 0. The molecule has 0 aromatic heterocycles. The second kappa shape index (κ2) is 4.06. The molecule has 0 fully saturated rings. The van der Waals surface area contributed by atoms with Crippen LogP contribution in [0.25, 0.3) is 0 Å². The largest absolute Gasteiger partial charge is 0.405 e. The maximum absolute atomic E-state index is 5.22. The number of rotatable bonds is 1. The molecule has 0 aliphatic carbocycles. The molecule has 1 rings (SSSR count). The zero-order valence-corrected chi connectivity index (χ0v) is 5.92. The van der Waals surface area contributed by atoms with Crippen molar-refractivity contribution in [2.75, 3.05) is 19.8 Å². The Bertz CT molecular complexity index is 152. The summed E-state index contributed by atoms with van der Waals surface area (Å²) < 4.78 is 5.22. The molecule has 3 heteroatoms. The molecule has 3 nitrogen and oxygen atoms in total. The Morgan fingerprint density at radius 3 is 3.30 bits per heavy atom. The van der Waals surface area contributed by atoms with Crippen LogP contribution in [0.4, 0.5) is 0 Å². The summed E-state index contributed by atoms with van der Waals surface area (Å²) in [4.78, 5) is 4.24. The Morgan fingerprint density at radius 1 is 1.60 bits per heavy atom. The topological polar surface area (TPSA) is 47.6 Å². The highest BCUT2D eigenvalue weighted by Crippen LogP contribution is 1.94. The summed E-state index contributed by atoms with van der Waals surface area (Å²) >= 11 is 0. The highest BCUT2D eigenvalue weighted by molar-refractivity contribution is 5.96. The molecule has 0 bridgehead atoms. The van der Waals surface area contributed by atoms with E-state index in [9.17, 15) is 0 Å². The molecule has 0 aromatic rings. The van der Waals surface area contributed by atoms with Gasteiger partial charge in [0.05, 0.1) is 12.3 Å². The number of hydrogen-bond donors (Lipinski definition) is 1. The van der Waals surface area contributed by atoms with E-state index in [1.165, 1.54) is 6.20 Å². The first-order valence-corrected chi connectivity index (χ1v) is 3.43. The van der Waals surface area contributed by atoms with E-state index in [1.54, 1.807) is 6.08 Å². The van der Waals surface area contributed by atoms with Gasteiger partial charge in [0.2, 0.25) is 0 Å². The Hall–Kier alpha value is -0.830. The third-order valence-corrected chi connectivity index (χ3v) is 1.30. The maximum atomic E-state index is 5.22. The monoisotopic (exact) mass is 140 g/mol. The van der Waals surface area contributed by atoms with Gasteiger partial charge in [0.25, 0.3) is 0 Å². The van der Waals surface area contributed by atoms with Gasteiger partial charge in [-0.3, -0.25) is 4.99 Å². The van der Waals surface area contributed by atoms with E-state index in [4.69, 9.17) is 10.5 Å². The van der Waals surface area contributed by atoms with Crippen molar-refractivity contribution in [3.8, 4) is 0 Å². The molecular formula is C7H12N2O. The van der Waals surface area contributed by atoms with Gasteiger partial charge < -0.3 is 10.5 Å². The summed E-state index contributed by atoms with van der Waals surface area (Å²) in [7, 11) is 0. The summed E-state index contributed by atoms with van der Waals surface area (Å²) in [5, 5.41) is 0. The fourth-order valence-corrected chi connectivity index (χ4v) is 0.824. The summed E-state index contributed by atoms with van der Waals surface area (Å²) in [5.74, 6) is 0. The molecule has 0 aromatic carbocycles. The van der Waals surface area contributed by atoms with Crippen LogP contribution in [-0.2, 0) is 4.74 Å². The van der Waals surface area contributed by atoms with Gasteiger partial charge in [0.1, 0.15) is 0 Å². The first kappa shape index (κ1) is 7.28. The van der Waals surface area contributed by atoms with E-state index in [-0.39, 0.29) is 0 Å². The van der Waals surface area contributed by atoms with Crippen molar-refractivity contribution in [2.45, 2.75) is 6.42 Å². The first-order chi connectivity index (χ1) is 4.93. The lowest BCUT2D eigenvalue weighted by molar-refractivity contribution is 0.176. The molecule has 10 heavy (non-hydrogen) atoms. The minimum Gasteiger partial charge on any atom is -0.405 e. The van der Waals surface area contributed by atoms with E-state index in [2.05, 4.69) is 4.99 Å². The smallest absolute Gasteiger partial charge is 0.0883 e. The SMILES string of the molecule is NC=CC1=NCCCOC1. The van der Waals surface area contributed by atoms with Crippen molar-refractivity contribution in [2.24, 2.45) is 10.7 Å². The van der Waals surface area contributed by atoms with Gasteiger partial charge in [-0.05, 0) is 18.7 Å². The summed E-state index contributed by atoms with van der Waals surface area (Å²) in [5.41, 5.74) is 6.14. The van der Waals surface area contributed by atoms with Crippen molar-refractivity contribution >= 4 is 5.71 Å². The Labute approximate surface area is 60.6 Å². The molecule has 0 atom stereocenters. The van der Waals surface area contributed by atoms with Crippen molar-refractivity contribution < 1.29 is 4.74 Å². The molecule has 0 saturated carbocycles. The Morgan fingerprint density at radius 2 is 2.50 bits per heavy atom. The predicted octanol–water partition coefficient (Wildman–Crippen LogP) is 0.320. The van der Waals surface area contributed by atoms with E-state index in [0.29, 0.717) is 6.61 Å². The fourth-order valence-electron chi connectivity index (χ4n) is 0.824. The van der Waals surface area contributed by atoms with Crippen molar-refractivity contribution in [3.05, 3.63) is 12.3 Å². The summed E-state index contributed by atoms with van der Waals surface area (Å²) in [6.07, 6.45) is 4.29. The quantitative estimate of drug-likeness (QED) is 0.570. The Kier molecular flexibility index (Phi) is 2.96. The molecular weight excluding hydrogens is 128 g/mol. The average Bonchev–Trinajstić information content (AvgIpc) is 2.17. The van der Waals surface area contributed by atoms with Gasteiger partial charge >= 0.3 is 0 Å². The lowest BCUT2D eigenvalue weighted by Gasteiger charge is -1.95. The van der Waals surface area contributed by atoms with Crippen molar-refractivity contribution in [1.82, 2.24) is 0 Å². The van der Waals surface area contributed by atoms with Gasteiger partial charge in [-0.2, -0.15) is 0 Å². The predicted molar refractivity (Wildman–Crippen MR) is 41.1 cm³/mol. The average molecular weight is 140 g/mol. The maximum Gasteiger partial charge on any atom is 0.0883 e. The third-order valence-electron chi connectivity index (χ3n) is 1.30. The molecule has 0 spiro atoms. The van der Waals surface area contributed by atoms with Crippen LogP contribution in [0.3, 0.4) is 0 Å². The van der Waals surface area contributed by atoms with Gasteiger partial charge in [-0.25, -0.2) is 0 Å². The number of nitrogens with two attached hydrogens (primary N) is 1. The molecule has 0 amide bonds. The number of ether oxygens (including phenoxy) is 1. The lowest BCUT2D eigenvalue weighted by atomic mass is 10.4. The minimum atomic E-state index is 0.605. The normalized spacial score (nSPS) is 20.6. The zero-order valence-electron chi connectivity index (χ0n) is 5.92. The van der Waals surface area contributed by atoms with Gasteiger partial charge in [-0.1, -0.05) is 0 Å². The van der Waals surface area contributed by atoms with E-state index in [1.807, 2.05) is 0 Å². The van der Waals surface area contributed by atoms with Crippen molar-refractivity contribution in [3.63, 3.8) is 0 Å².